The van der Waals surface area contributed by atoms with Crippen LogP contribution in [0.4, 0.5) is 34.1 Å². The highest BCUT2D eigenvalue weighted by Crippen LogP contribution is 2.56. The van der Waals surface area contributed by atoms with Gasteiger partial charge in [-0.3, -0.25) is 0 Å². The number of hydrogen-bond acceptors (Lipinski definition) is 4. The zero-order valence-corrected chi connectivity index (χ0v) is 39.0. The Morgan fingerprint density at radius 3 is 1.53 bits per heavy atom. The zero-order chi connectivity index (χ0) is 42.9. The van der Waals surface area contributed by atoms with Gasteiger partial charge < -0.3 is 18.6 Å². The van der Waals surface area contributed by atoms with E-state index in [2.05, 4.69) is 186 Å². The van der Waals surface area contributed by atoms with Gasteiger partial charge in [0.1, 0.15) is 17.1 Å². The summed E-state index contributed by atoms with van der Waals surface area (Å²) in [5, 5.41) is 1.24. The van der Waals surface area contributed by atoms with Gasteiger partial charge in [0.15, 0.2) is 0 Å². The number of rotatable bonds is 2. The molecule has 2 aliphatic heterocycles. The van der Waals surface area contributed by atoms with Gasteiger partial charge in [-0.05, 0) is 130 Å². The van der Waals surface area contributed by atoms with Crippen molar-refractivity contribution in [3.8, 4) is 0 Å². The lowest BCUT2D eigenvalue weighted by Gasteiger charge is -2.44. The highest BCUT2D eigenvalue weighted by atomic mass is 16.3. The molecule has 0 radical (unpaired) electrons. The Bertz CT molecular complexity index is 2740. The van der Waals surface area contributed by atoms with Gasteiger partial charge in [-0.1, -0.05) is 121 Å². The van der Waals surface area contributed by atoms with Gasteiger partial charge in [0.2, 0.25) is 0 Å². The van der Waals surface area contributed by atoms with Crippen molar-refractivity contribution in [2.24, 2.45) is 0 Å². The van der Waals surface area contributed by atoms with Crippen LogP contribution in [-0.4, -0.2) is 6.71 Å². The van der Waals surface area contributed by atoms with Gasteiger partial charge in [-0.15, -0.1) is 0 Å². The van der Waals surface area contributed by atoms with Crippen LogP contribution in [0.2, 0.25) is 0 Å². The first-order valence-corrected chi connectivity index (χ1v) is 22.6. The van der Waals surface area contributed by atoms with Crippen molar-refractivity contribution in [2.75, 3.05) is 9.80 Å². The van der Waals surface area contributed by atoms with Crippen LogP contribution in [0.25, 0.3) is 11.0 Å². The van der Waals surface area contributed by atoms with E-state index in [1.54, 1.807) is 0 Å². The normalized spacial score (nSPS) is 19.4. The molecule has 0 saturated carbocycles. The maximum Gasteiger partial charge on any atom is 0.297 e. The molecule has 2 aliphatic carbocycles. The highest BCUT2D eigenvalue weighted by Gasteiger charge is 2.53. The SMILES string of the molecule is Cc1cc2c3c(c1)N(c1ccc(C(C)(C)C)cc1)c1c(oc4c1C(C)(C)CCC4(C)C)B3c1cc3oc4c(c3cc1N2c1ccc(C(C)(C)C)cc1)C(C)(C)CCC4(C)C. The van der Waals surface area contributed by atoms with E-state index >= 15 is 0 Å². The molecular formula is C55H65BN2O2. The smallest absolute Gasteiger partial charge is 0.297 e. The van der Waals surface area contributed by atoms with E-state index in [0.717, 1.165) is 48.4 Å². The van der Waals surface area contributed by atoms with Crippen molar-refractivity contribution in [3.05, 3.63) is 112 Å². The molecule has 4 aliphatic rings. The Kier molecular flexibility index (Phi) is 8.07. The van der Waals surface area contributed by atoms with Crippen molar-refractivity contribution in [1.29, 1.82) is 0 Å². The van der Waals surface area contributed by atoms with Crippen molar-refractivity contribution < 1.29 is 8.83 Å². The molecule has 0 saturated heterocycles. The fourth-order valence-corrected chi connectivity index (χ4v) is 11.3. The number of anilines is 6. The highest BCUT2D eigenvalue weighted by molar-refractivity contribution is 6.99. The minimum Gasteiger partial charge on any atom is -0.472 e. The average Bonchev–Trinajstić information content (AvgIpc) is 3.76. The largest absolute Gasteiger partial charge is 0.472 e. The molecule has 6 aromatic rings. The first-order chi connectivity index (χ1) is 27.9. The van der Waals surface area contributed by atoms with Gasteiger partial charge in [0.25, 0.3) is 6.71 Å². The van der Waals surface area contributed by atoms with E-state index in [0.29, 0.717) is 0 Å². The maximum atomic E-state index is 7.61. The number of hydrogen-bond donors (Lipinski definition) is 0. The van der Waals surface area contributed by atoms with Crippen LogP contribution in [-0.2, 0) is 32.5 Å². The molecule has 5 heteroatoms. The third-order valence-electron chi connectivity index (χ3n) is 15.2. The lowest BCUT2D eigenvalue weighted by atomic mass is 9.35. The first kappa shape index (κ1) is 39.5. The van der Waals surface area contributed by atoms with Crippen LogP contribution in [0.1, 0.15) is 162 Å². The van der Waals surface area contributed by atoms with Crippen LogP contribution in [0.3, 0.4) is 0 Å². The average molecular weight is 797 g/mol. The fourth-order valence-electron chi connectivity index (χ4n) is 11.3. The predicted molar refractivity (Wildman–Crippen MR) is 255 cm³/mol. The Hall–Kier alpha value is -4.64. The van der Waals surface area contributed by atoms with Gasteiger partial charge >= 0.3 is 0 Å². The molecule has 4 nitrogen and oxygen atoms in total. The Balaban J connectivity index is 1.33. The second-order valence-corrected chi connectivity index (χ2v) is 23.7. The van der Waals surface area contributed by atoms with Crippen LogP contribution in [0.15, 0.2) is 81.6 Å². The fraction of sp³-hybridized carbons (Fsp3) is 0.455. The van der Waals surface area contributed by atoms with E-state index < -0.39 is 0 Å². The predicted octanol–water partition coefficient (Wildman–Crippen LogP) is 13.7. The Morgan fingerprint density at radius 2 is 1.00 bits per heavy atom. The molecule has 2 aromatic heterocycles. The summed E-state index contributed by atoms with van der Waals surface area (Å²) in [7, 11) is 0. The summed E-state index contributed by atoms with van der Waals surface area (Å²) in [5.41, 5.74) is 18.3. The van der Waals surface area contributed by atoms with Crippen molar-refractivity contribution in [1.82, 2.24) is 0 Å². The molecule has 0 fully saturated rings. The van der Waals surface area contributed by atoms with Crippen molar-refractivity contribution in [3.63, 3.8) is 0 Å². The number of aryl methyl sites for hydroxylation is 1. The summed E-state index contributed by atoms with van der Waals surface area (Å²) in [6.45, 7) is 35.2. The molecule has 0 bridgehead atoms. The number of fused-ring (bicyclic) bond motifs is 9. The molecular weight excluding hydrogens is 731 g/mol. The maximum absolute atomic E-state index is 7.61. The lowest BCUT2D eigenvalue weighted by Crippen LogP contribution is -2.61. The zero-order valence-electron chi connectivity index (χ0n) is 39.0. The van der Waals surface area contributed by atoms with E-state index in [4.69, 9.17) is 8.83 Å². The van der Waals surface area contributed by atoms with Gasteiger partial charge in [0, 0.05) is 55.8 Å². The van der Waals surface area contributed by atoms with E-state index in [9.17, 15) is 0 Å². The van der Waals surface area contributed by atoms with Crippen molar-refractivity contribution >= 4 is 68.4 Å². The van der Waals surface area contributed by atoms with Gasteiger partial charge in [-0.2, -0.15) is 0 Å². The number of furan rings is 2. The summed E-state index contributed by atoms with van der Waals surface area (Å²) in [5.74, 6) is 2.29. The quantitative estimate of drug-likeness (QED) is 0.163. The summed E-state index contributed by atoms with van der Waals surface area (Å²) in [6.07, 6.45) is 4.42. The topological polar surface area (TPSA) is 32.8 Å². The molecule has 0 N–H and O–H groups in total. The lowest BCUT2D eigenvalue weighted by molar-refractivity contribution is 0.282. The van der Waals surface area contributed by atoms with Crippen LogP contribution < -0.4 is 26.4 Å². The summed E-state index contributed by atoms with van der Waals surface area (Å²) < 4.78 is 14.8. The number of benzene rings is 4. The van der Waals surface area contributed by atoms with E-state index in [1.807, 2.05) is 0 Å². The van der Waals surface area contributed by atoms with Gasteiger partial charge in [-0.25, -0.2) is 0 Å². The van der Waals surface area contributed by atoms with Crippen molar-refractivity contribution in [2.45, 2.75) is 162 Å². The Morgan fingerprint density at radius 1 is 0.533 bits per heavy atom. The standard InChI is InChI=1S/C55H65BN2O2/c1-32-28-40-45-41(29-32)58(36-22-18-34(19-23-36)51(5,6)7)46-44-48(55(14,15)27-25-53(44,10)11)60-49(46)56(45)38-31-42-37(43-47(59-42)54(12,13)26-24-52(43,8)9)30-39(38)57(40)35-20-16-33(17-21-35)50(2,3)4/h16-23,28-31H,24-27H2,1-15H3. The molecule has 10 rings (SSSR count). The van der Waals surface area contributed by atoms with E-state index in [1.165, 1.54) is 78.3 Å². The number of nitrogens with zero attached hydrogens (tertiary/aromatic N) is 2. The van der Waals surface area contributed by atoms with Crippen LogP contribution >= 0.6 is 0 Å². The summed E-state index contributed by atoms with van der Waals surface area (Å²) >= 11 is 0. The van der Waals surface area contributed by atoms with Gasteiger partial charge in [0.05, 0.1) is 11.3 Å². The minimum absolute atomic E-state index is 0.00185. The second-order valence-electron chi connectivity index (χ2n) is 23.7. The molecule has 4 heterocycles. The summed E-state index contributed by atoms with van der Waals surface area (Å²) in [6, 6.07) is 28.5. The molecule has 0 amide bonds. The molecule has 310 valence electrons. The molecule has 0 atom stereocenters. The third-order valence-corrected chi connectivity index (χ3v) is 15.2. The van der Waals surface area contributed by atoms with E-state index in [-0.39, 0.29) is 39.2 Å². The monoisotopic (exact) mass is 797 g/mol. The minimum atomic E-state index is -0.124. The summed E-state index contributed by atoms with van der Waals surface area (Å²) in [4.78, 5) is 5.14. The van der Waals surface area contributed by atoms with Crippen LogP contribution in [0.5, 0.6) is 0 Å². The molecule has 60 heavy (non-hydrogen) atoms. The third kappa shape index (κ3) is 5.62. The second kappa shape index (κ2) is 12.3. The Labute approximate surface area is 359 Å². The first-order valence-electron chi connectivity index (χ1n) is 22.6. The van der Waals surface area contributed by atoms with Crippen LogP contribution in [0, 0.1) is 6.92 Å². The molecule has 0 spiro atoms. The molecule has 0 unspecified atom stereocenters. The molecule has 4 aromatic carbocycles.